The third-order valence-corrected chi connectivity index (χ3v) is 13.7. The van der Waals surface area contributed by atoms with Crippen LogP contribution in [0, 0.1) is 16.7 Å². The second kappa shape index (κ2) is 17.5. The molecule has 4 heteroatoms. The molecule has 0 N–H and O–H groups in total. The van der Waals surface area contributed by atoms with Crippen molar-refractivity contribution in [3.8, 4) is 55.8 Å². The number of anilines is 1. The van der Waals surface area contributed by atoms with Crippen molar-refractivity contribution in [2.75, 3.05) is 11.4 Å². The van der Waals surface area contributed by atoms with Crippen molar-refractivity contribution in [1.82, 2.24) is 9.97 Å². The Hall–Kier alpha value is -5.87. The zero-order valence-corrected chi connectivity index (χ0v) is 41.1. The summed E-state index contributed by atoms with van der Waals surface area (Å²) in [5.74, 6) is 0.656. The van der Waals surface area contributed by atoms with Gasteiger partial charge in [0.2, 0.25) is 5.91 Å². The van der Waals surface area contributed by atoms with E-state index < -0.39 is 0 Å². The number of rotatable bonds is 7. The largest absolute Gasteiger partial charge is 0.312 e. The molecule has 4 aromatic carbocycles. The number of nitrogens with zero attached hydrogens (tertiary/aromatic N) is 3. The normalized spacial score (nSPS) is 16.3. The van der Waals surface area contributed by atoms with Gasteiger partial charge in [-0.2, -0.15) is 0 Å². The number of carbonyl (C=O) groups excluding carboxylic acids is 1. The average Bonchev–Trinajstić information content (AvgIpc) is 3.28. The van der Waals surface area contributed by atoms with Crippen LogP contribution < -0.4 is 4.90 Å². The summed E-state index contributed by atoms with van der Waals surface area (Å²) in [6, 6.07) is 39.8. The van der Waals surface area contributed by atoms with Gasteiger partial charge in [0.05, 0.1) is 11.4 Å². The van der Waals surface area contributed by atoms with Gasteiger partial charge in [0, 0.05) is 47.7 Å². The quantitative estimate of drug-likeness (QED) is 0.161. The standard InChI is InChI=1S/C61H69N3O/c1-58(2,3)50-30-48(31-51(36-50)59(4,5)6)55-26-24-44(38-62-55)40-16-20-42(21-17-40)46-29-47(35-54(34-46)64-28-14-13-15-57(64)65)43-22-18-41(19-23-43)45-25-27-56(63-39-45)49-32-52(60(7,8)9)37-53(33-49)61(10,11)12/h16-27,29-36,38-39,52H,13-15,28,37H2,1-12H3. The van der Waals surface area contributed by atoms with Gasteiger partial charge >= 0.3 is 0 Å². The lowest BCUT2D eigenvalue weighted by Gasteiger charge is -2.36. The number of allylic oxidation sites excluding steroid dienone is 4. The van der Waals surface area contributed by atoms with Crippen molar-refractivity contribution in [1.29, 1.82) is 0 Å². The van der Waals surface area contributed by atoms with Crippen molar-refractivity contribution in [2.24, 2.45) is 16.7 Å². The van der Waals surface area contributed by atoms with Crippen LogP contribution in [0.2, 0.25) is 0 Å². The Morgan fingerprint density at radius 1 is 0.492 bits per heavy atom. The van der Waals surface area contributed by atoms with Crippen LogP contribution in [0.3, 0.4) is 0 Å². The highest BCUT2D eigenvalue weighted by atomic mass is 16.2. The minimum absolute atomic E-state index is 0.0385. The highest BCUT2D eigenvalue weighted by molar-refractivity contribution is 5.96. The van der Waals surface area contributed by atoms with Gasteiger partial charge in [-0.3, -0.25) is 14.8 Å². The zero-order chi connectivity index (χ0) is 46.5. The molecule has 2 aliphatic rings. The fourth-order valence-corrected chi connectivity index (χ4v) is 9.05. The maximum absolute atomic E-state index is 13.3. The summed E-state index contributed by atoms with van der Waals surface area (Å²) in [5, 5.41) is 0. The van der Waals surface area contributed by atoms with Gasteiger partial charge in [-0.15, -0.1) is 0 Å². The molecule has 0 radical (unpaired) electrons. The molecular weight excluding hydrogens is 791 g/mol. The molecule has 2 aromatic heterocycles. The van der Waals surface area contributed by atoms with E-state index in [1.165, 1.54) is 22.3 Å². The Balaban J connectivity index is 1.06. The number of piperidine rings is 1. The smallest absolute Gasteiger partial charge is 0.226 e. The molecule has 0 bridgehead atoms. The lowest BCUT2D eigenvalue weighted by atomic mass is 9.69. The Bertz CT molecular complexity index is 2710. The summed E-state index contributed by atoms with van der Waals surface area (Å²) >= 11 is 0. The second-order valence-corrected chi connectivity index (χ2v) is 22.8. The van der Waals surface area contributed by atoms with Gasteiger partial charge < -0.3 is 4.90 Å². The van der Waals surface area contributed by atoms with Gasteiger partial charge in [0.25, 0.3) is 0 Å². The Kier molecular flexibility index (Phi) is 12.3. The molecule has 1 unspecified atom stereocenters. The van der Waals surface area contributed by atoms with Crippen molar-refractivity contribution in [3.05, 3.63) is 156 Å². The van der Waals surface area contributed by atoms with E-state index in [0.717, 1.165) is 93.0 Å². The lowest BCUT2D eigenvalue weighted by Crippen LogP contribution is -2.35. The molecule has 334 valence electrons. The Morgan fingerprint density at radius 2 is 0.969 bits per heavy atom. The fraction of sp³-hybridized carbons (Fsp3) is 0.361. The van der Waals surface area contributed by atoms with Crippen molar-refractivity contribution in [2.45, 2.75) is 120 Å². The van der Waals surface area contributed by atoms with Gasteiger partial charge in [-0.05, 0) is 139 Å². The van der Waals surface area contributed by atoms with E-state index in [9.17, 15) is 4.79 Å². The summed E-state index contributed by atoms with van der Waals surface area (Å²) in [6.45, 7) is 28.4. The molecule has 0 saturated carbocycles. The van der Waals surface area contributed by atoms with E-state index in [2.05, 4.69) is 204 Å². The van der Waals surface area contributed by atoms with Crippen LogP contribution in [-0.4, -0.2) is 22.4 Å². The molecule has 1 atom stereocenters. The Morgan fingerprint density at radius 3 is 1.40 bits per heavy atom. The molecule has 3 heterocycles. The van der Waals surface area contributed by atoms with Crippen LogP contribution >= 0.6 is 0 Å². The minimum atomic E-state index is 0.0385. The van der Waals surface area contributed by atoms with E-state index >= 15 is 0 Å². The molecule has 1 aliphatic heterocycles. The van der Waals surface area contributed by atoms with Crippen LogP contribution in [0.4, 0.5) is 5.69 Å². The number of amides is 1. The molecule has 6 aromatic rings. The zero-order valence-electron chi connectivity index (χ0n) is 41.1. The monoisotopic (exact) mass is 860 g/mol. The van der Waals surface area contributed by atoms with Crippen LogP contribution in [0.25, 0.3) is 61.3 Å². The lowest BCUT2D eigenvalue weighted by molar-refractivity contribution is -0.119. The molecule has 0 spiro atoms. The molecule has 1 aliphatic carbocycles. The van der Waals surface area contributed by atoms with Crippen molar-refractivity contribution < 1.29 is 4.79 Å². The number of hydrogen-bond donors (Lipinski definition) is 0. The van der Waals surface area contributed by atoms with E-state index in [1.54, 1.807) is 0 Å². The van der Waals surface area contributed by atoms with Gasteiger partial charge in [0.15, 0.2) is 0 Å². The maximum Gasteiger partial charge on any atom is 0.226 e. The first-order valence-electron chi connectivity index (χ1n) is 23.8. The van der Waals surface area contributed by atoms with E-state index in [0.29, 0.717) is 12.3 Å². The highest BCUT2D eigenvalue weighted by Crippen LogP contribution is 2.44. The first-order chi connectivity index (χ1) is 30.6. The topological polar surface area (TPSA) is 46.1 Å². The average molecular weight is 860 g/mol. The van der Waals surface area contributed by atoms with Crippen LogP contribution in [0.1, 0.15) is 126 Å². The maximum atomic E-state index is 13.3. The summed E-state index contributed by atoms with van der Waals surface area (Å²) in [6.07, 6.45) is 12.5. The number of carbonyl (C=O) groups is 1. The van der Waals surface area contributed by atoms with Crippen LogP contribution in [-0.2, 0) is 15.6 Å². The predicted molar refractivity (Wildman–Crippen MR) is 276 cm³/mol. The van der Waals surface area contributed by atoms with Gasteiger partial charge in [-0.1, -0.05) is 168 Å². The molecule has 4 nitrogen and oxygen atoms in total. The second-order valence-electron chi connectivity index (χ2n) is 22.8. The molecule has 8 rings (SSSR count). The SMILES string of the molecule is CC(C)(C)C1=CC(c2ccc(-c3ccc(-c4cc(-c5ccc(-c6ccc(-c7cc(C(C)(C)C)cc(C(C)(C)C)c7)nc6)cc5)cc(N5CCCCC5=O)c4)cc3)cn2)=CC(C(C)(C)C)C1. The van der Waals surface area contributed by atoms with Crippen molar-refractivity contribution >= 4 is 17.2 Å². The fourth-order valence-electron chi connectivity index (χ4n) is 9.05. The molecular formula is C61H69N3O. The number of aromatic nitrogens is 2. The third-order valence-electron chi connectivity index (χ3n) is 13.7. The first-order valence-corrected chi connectivity index (χ1v) is 23.8. The Labute approximate surface area is 390 Å². The third kappa shape index (κ3) is 10.3. The summed E-state index contributed by atoms with van der Waals surface area (Å²) < 4.78 is 0. The van der Waals surface area contributed by atoms with Crippen molar-refractivity contribution in [3.63, 3.8) is 0 Å². The number of pyridine rings is 2. The number of benzene rings is 4. The molecule has 1 saturated heterocycles. The predicted octanol–water partition coefficient (Wildman–Crippen LogP) is 16.3. The molecule has 65 heavy (non-hydrogen) atoms. The van der Waals surface area contributed by atoms with E-state index in [4.69, 9.17) is 9.97 Å². The first kappa shape index (κ1) is 45.7. The van der Waals surface area contributed by atoms with Crippen LogP contribution in [0.15, 0.2) is 139 Å². The molecule has 1 fully saturated rings. The molecule has 1 amide bonds. The summed E-state index contributed by atoms with van der Waals surface area (Å²) in [7, 11) is 0. The van der Waals surface area contributed by atoms with Gasteiger partial charge in [0.1, 0.15) is 0 Å². The van der Waals surface area contributed by atoms with E-state index in [1.807, 2.05) is 17.3 Å². The van der Waals surface area contributed by atoms with Crippen LogP contribution in [0.5, 0.6) is 0 Å². The number of hydrogen-bond acceptors (Lipinski definition) is 3. The summed E-state index contributed by atoms with van der Waals surface area (Å²) in [4.78, 5) is 25.3. The summed E-state index contributed by atoms with van der Waals surface area (Å²) in [5.41, 5.74) is 18.6. The minimum Gasteiger partial charge on any atom is -0.312 e. The highest BCUT2D eigenvalue weighted by Gasteiger charge is 2.31. The van der Waals surface area contributed by atoms with Gasteiger partial charge in [-0.25, -0.2) is 0 Å². The van der Waals surface area contributed by atoms with E-state index in [-0.39, 0.29) is 27.6 Å².